The van der Waals surface area contributed by atoms with Gasteiger partial charge in [0.25, 0.3) is 0 Å². The molecule has 1 atom stereocenters. The molecule has 20 heavy (non-hydrogen) atoms. The van der Waals surface area contributed by atoms with Gasteiger partial charge in [0.15, 0.2) is 0 Å². The minimum absolute atomic E-state index is 0.00214. The fourth-order valence-electron chi connectivity index (χ4n) is 2.26. The lowest BCUT2D eigenvalue weighted by Crippen LogP contribution is -2.48. The van der Waals surface area contributed by atoms with Crippen LogP contribution in [-0.2, 0) is 20.9 Å². The summed E-state index contributed by atoms with van der Waals surface area (Å²) >= 11 is 0. The molecule has 1 aliphatic rings. The lowest BCUT2D eigenvalue weighted by molar-refractivity contribution is -0.151. The maximum Gasteiger partial charge on any atom is 0.303 e. The predicted molar refractivity (Wildman–Crippen MR) is 70.1 cm³/mol. The summed E-state index contributed by atoms with van der Waals surface area (Å²) < 4.78 is 5.18. The smallest absolute Gasteiger partial charge is 0.303 e. The maximum atomic E-state index is 11.9. The van der Waals surface area contributed by atoms with E-state index >= 15 is 0 Å². The highest BCUT2D eigenvalue weighted by molar-refractivity contribution is 5.78. The molecule has 1 aliphatic heterocycles. The van der Waals surface area contributed by atoms with E-state index in [1.54, 1.807) is 23.1 Å². The fraction of sp³-hybridized carbons (Fsp3) is 0.429. The lowest BCUT2D eigenvalue weighted by atomic mass is 10.1. The SMILES string of the molecule is O=C(O)CCC1COCC(=O)N1Cc1cccc(O)c1. The zero-order chi connectivity index (χ0) is 14.5. The topological polar surface area (TPSA) is 87.1 Å². The van der Waals surface area contributed by atoms with Crippen LogP contribution in [0.15, 0.2) is 24.3 Å². The number of carbonyl (C=O) groups excluding carboxylic acids is 1. The number of rotatable bonds is 5. The van der Waals surface area contributed by atoms with E-state index in [4.69, 9.17) is 9.84 Å². The first-order valence-electron chi connectivity index (χ1n) is 6.43. The number of amides is 1. The van der Waals surface area contributed by atoms with Gasteiger partial charge in [-0.2, -0.15) is 0 Å². The number of nitrogens with zero attached hydrogens (tertiary/aromatic N) is 1. The summed E-state index contributed by atoms with van der Waals surface area (Å²) in [4.78, 5) is 24.2. The van der Waals surface area contributed by atoms with Crippen molar-refractivity contribution < 1.29 is 24.5 Å². The van der Waals surface area contributed by atoms with Gasteiger partial charge < -0.3 is 19.8 Å². The first-order chi connectivity index (χ1) is 9.56. The van der Waals surface area contributed by atoms with E-state index in [9.17, 15) is 14.7 Å². The Morgan fingerprint density at radius 3 is 2.95 bits per heavy atom. The van der Waals surface area contributed by atoms with E-state index in [2.05, 4.69) is 0 Å². The molecule has 1 heterocycles. The molecule has 0 radical (unpaired) electrons. The average molecular weight is 279 g/mol. The van der Waals surface area contributed by atoms with E-state index in [1.807, 2.05) is 6.07 Å². The maximum absolute atomic E-state index is 11.9. The number of phenolic OH excluding ortho intramolecular Hbond substituents is 1. The van der Waals surface area contributed by atoms with Crippen molar-refractivity contribution >= 4 is 11.9 Å². The van der Waals surface area contributed by atoms with Crippen LogP contribution in [0.1, 0.15) is 18.4 Å². The van der Waals surface area contributed by atoms with Crippen molar-refractivity contribution in [3.8, 4) is 5.75 Å². The molecular weight excluding hydrogens is 262 g/mol. The first-order valence-corrected chi connectivity index (χ1v) is 6.43. The van der Waals surface area contributed by atoms with Crippen LogP contribution in [0.4, 0.5) is 0 Å². The van der Waals surface area contributed by atoms with Gasteiger partial charge >= 0.3 is 5.97 Å². The van der Waals surface area contributed by atoms with E-state index in [0.29, 0.717) is 19.6 Å². The second kappa shape index (κ2) is 6.38. The molecule has 1 unspecified atom stereocenters. The Morgan fingerprint density at radius 2 is 2.25 bits per heavy atom. The van der Waals surface area contributed by atoms with Crippen molar-refractivity contribution in [3.63, 3.8) is 0 Å². The third-order valence-corrected chi connectivity index (χ3v) is 3.25. The van der Waals surface area contributed by atoms with Crippen LogP contribution in [0.3, 0.4) is 0 Å². The highest BCUT2D eigenvalue weighted by Crippen LogP contribution is 2.19. The van der Waals surface area contributed by atoms with Crippen LogP contribution < -0.4 is 0 Å². The summed E-state index contributed by atoms with van der Waals surface area (Å²) in [6.07, 6.45) is 0.359. The predicted octanol–water partition coefficient (Wildman–Crippen LogP) is 0.984. The Bertz CT molecular complexity index is 502. The number of carboxylic acid groups (broad SMARTS) is 1. The molecule has 2 N–H and O–H groups in total. The van der Waals surface area contributed by atoms with E-state index in [-0.39, 0.29) is 30.7 Å². The number of benzene rings is 1. The quantitative estimate of drug-likeness (QED) is 0.839. The highest BCUT2D eigenvalue weighted by atomic mass is 16.5. The molecule has 0 spiro atoms. The molecule has 1 saturated heterocycles. The molecular formula is C14H17NO5. The molecule has 1 aromatic rings. The highest BCUT2D eigenvalue weighted by Gasteiger charge is 2.29. The summed E-state index contributed by atoms with van der Waals surface area (Å²) in [5, 5.41) is 18.2. The molecule has 0 saturated carbocycles. The van der Waals surface area contributed by atoms with Gasteiger partial charge in [-0.25, -0.2) is 0 Å². The van der Waals surface area contributed by atoms with Crippen LogP contribution in [0.25, 0.3) is 0 Å². The Kier molecular flexibility index (Phi) is 4.57. The number of hydrogen-bond acceptors (Lipinski definition) is 4. The van der Waals surface area contributed by atoms with Crippen molar-refractivity contribution in [2.45, 2.75) is 25.4 Å². The summed E-state index contributed by atoms with van der Waals surface area (Å²) in [7, 11) is 0. The van der Waals surface area contributed by atoms with Gasteiger partial charge in [0.1, 0.15) is 12.4 Å². The summed E-state index contributed by atoms with van der Waals surface area (Å²) in [5.41, 5.74) is 0.806. The lowest BCUT2D eigenvalue weighted by Gasteiger charge is -2.35. The Morgan fingerprint density at radius 1 is 1.45 bits per heavy atom. The molecule has 1 fully saturated rings. The molecule has 6 nitrogen and oxygen atoms in total. The number of phenols is 1. The van der Waals surface area contributed by atoms with Crippen molar-refractivity contribution in [3.05, 3.63) is 29.8 Å². The standard InChI is InChI=1S/C14H17NO5/c16-12-3-1-2-10(6-12)7-15-11(4-5-14(18)19)8-20-9-13(15)17/h1-3,6,11,16H,4-5,7-9H2,(H,18,19). The number of aliphatic carboxylic acids is 1. The minimum Gasteiger partial charge on any atom is -0.508 e. The largest absolute Gasteiger partial charge is 0.508 e. The third-order valence-electron chi connectivity index (χ3n) is 3.25. The third kappa shape index (κ3) is 3.71. The van der Waals surface area contributed by atoms with Crippen molar-refractivity contribution in [1.82, 2.24) is 4.90 Å². The van der Waals surface area contributed by atoms with E-state index < -0.39 is 5.97 Å². The van der Waals surface area contributed by atoms with Crippen LogP contribution in [0, 0.1) is 0 Å². The van der Waals surface area contributed by atoms with Crippen LogP contribution in [0.5, 0.6) is 5.75 Å². The van der Waals surface area contributed by atoms with Crippen molar-refractivity contribution in [2.24, 2.45) is 0 Å². The zero-order valence-corrected chi connectivity index (χ0v) is 11.0. The van der Waals surface area contributed by atoms with Crippen LogP contribution in [0.2, 0.25) is 0 Å². The van der Waals surface area contributed by atoms with Crippen LogP contribution in [-0.4, -0.2) is 46.2 Å². The zero-order valence-electron chi connectivity index (χ0n) is 11.0. The normalized spacial score (nSPS) is 19.1. The average Bonchev–Trinajstić information content (AvgIpc) is 2.39. The molecule has 108 valence electrons. The van der Waals surface area contributed by atoms with Crippen molar-refractivity contribution in [2.75, 3.05) is 13.2 Å². The minimum atomic E-state index is -0.889. The monoisotopic (exact) mass is 279 g/mol. The van der Waals surface area contributed by atoms with Gasteiger partial charge in [-0.3, -0.25) is 9.59 Å². The second-order valence-corrected chi connectivity index (χ2v) is 4.79. The Labute approximate surface area is 116 Å². The fourth-order valence-corrected chi connectivity index (χ4v) is 2.26. The number of aromatic hydroxyl groups is 1. The van der Waals surface area contributed by atoms with Gasteiger partial charge in [0.05, 0.1) is 12.6 Å². The number of carboxylic acids is 1. The van der Waals surface area contributed by atoms with Gasteiger partial charge in [-0.05, 0) is 24.1 Å². The Hall–Kier alpha value is -2.08. The molecule has 0 aromatic heterocycles. The second-order valence-electron chi connectivity index (χ2n) is 4.79. The number of hydrogen-bond donors (Lipinski definition) is 2. The first kappa shape index (κ1) is 14.3. The van der Waals surface area contributed by atoms with E-state index in [0.717, 1.165) is 5.56 Å². The van der Waals surface area contributed by atoms with Crippen molar-refractivity contribution in [1.29, 1.82) is 0 Å². The summed E-state index contributed by atoms with van der Waals surface area (Å²) in [6, 6.07) is 6.44. The molecule has 6 heteroatoms. The number of carbonyl (C=O) groups is 2. The van der Waals surface area contributed by atoms with Gasteiger partial charge in [0.2, 0.25) is 5.91 Å². The van der Waals surface area contributed by atoms with E-state index in [1.165, 1.54) is 0 Å². The molecule has 1 amide bonds. The Balaban J connectivity index is 2.07. The van der Waals surface area contributed by atoms with Crippen LogP contribution >= 0.6 is 0 Å². The van der Waals surface area contributed by atoms with Gasteiger partial charge in [-0.15, -0.1) is 0 Å². The van der Waals surface area contributed by atoms with Gasteiger partial charge in [0, 0.05) is 13.0 Å². The summed E-state index contributed by atoms with van der Waals surface area (Å²) in [6.45, 7) is 0.709. The number of morpholine rings is 1. The number of ether oxygens (including phenoxy) is 1. The molecule has 0 bridgehead atoms. The van der Waals surface area contributed by atoms with Gasteiger partial charge in [-0.1, -0.05) is 12.1 Å². The molecule has 2 rings (SSSR count). The molecule has 0 aliphatic carbocycles. The molecule has 1 aromatic carbocycles. The summed E-state index contributed by atoms with van der Waals surface area (Å²) in [5.74, 6) is -0.902.